The Morgan fingerprint density at radius 1 is 1.29 bits per heavy atom. The first-order valence-corrected chi connectivity index (χ1v) is 8.45. The summed E-state index contributed by atoms with van der Waals surface area (Å²) in [6.07, 6.45) is 0.787. The van der Waals surface area contributed by atoms with Crippen molar-refractivity contribution in [2.45, 2.75) is 6.42 Å². The van der Waals surface area contributed by atoms with Gasteiger partial charge in [0.2, 0.25) is 0 Å². The summed E-state index contributed by atoms with van der Waals surface area (Å²) in [5, 5.41) is 7.41. The van der Waals surface area contributed by atoms with Gasteiger partial charge in [0.1, 0.15) is 5.75 Å². The molecule has 0 bridgehead atoms. The van der Waals surface area contributed by atoms with Crippen LogP contribution < -0.4 is 15.2 Å². The number of benzene rings is 2. The highest BCUT2D eigenvalue weighted by Crippen LogP contribution is 2.22. The van der Waals surface area contributed by atoms with Crippen LogP contribution in [0, 0.1) is 0 Å². The molecule has 0 aliphatic heterocycles. The predicted octanol–water partition coefficient (Wildman–Crippen LogP) is 2.06. The molecule has 0 spiro atoms. The van der Waals surface area contributed by atoms with Crippen LogP contribution in [0.15, 0.2) is 48.5 Å². The van der Waals surface area contributed by atoms with Crippen LogP contribution in [0.4, 0.5) is 0 Å². The Hall–Kier alpha value is -1.93. The first kappa shape index (κ1) is 20.1. The molecule has 6 nitrogen and oxygen atoms in total. The first-order chi connectivity index (χ1) is 11.4. The average molecular weight is 370 g/mol. The summed E-state index contributed by atoms with van der Waals surface area (Å²) in [5.41, 5.74) is 1.64. The van der Waals surface area contributed by atoms with Crippen molar-refractivity contribution in [3.05, 3.63) is 64.7 Å². The van der Waals surface area contributed by atoms with Crippen LogP contribution in [0.5, 0.6) is 5.75 Å². The number of rotatable bonds is 5. The van der Waals surface area contributed by atoms with Crippen LogP contribution in [0.1, 0.15) is 15.9 Å². The van der Waals surface area contributed by atoms with Crippen LogP contribution in [0.25, 0.3) is 0 Å². The topological polar surface area (TPSA) is 104 Å². The molecule has 24 heavy (non-hydrogen) atoms. The predicted molar refractivity (Wildman–Crippen MR) is 93.6 cm³/mol. The molecule has 0 heterocycles. The second kappa shape index (κ2) is 10.8. The fourth-order valence-electron chi connectivity index (χ4n) is 1.92. The van der Waals surface area contributed by atoms with E-state index in [0.717, 1.165) is 6.42 Å². The van der Waals surface area contributed by atoms with E-state index in [1.54, 1.807) is 18.2 Å². The third-order valence-corrected chi connectivity index (χ3v) is 3.18. The Labute approximate surface area is 148 Å². The summed E-state index contributed by atoms with van der Waals surface area (Å²) >= 11 is 3.55. The zero-order valence-electron chi connectivity index (χ0n) is 13.0. The lowest BCUT2D eigenvalue weighted by Gasteiger charge is -2.09. The lowest BCUT2D eigenvalue weighted by molar-refractivity contribution is 0.0951. The van der Waals surface area contributed by atoms with E-state index in [-0.39, 0.29) is 5.91 Å². The summed E-state index contributed by atoms with van der Waals surface area (Å²) in [5.74, 6) is 0.340. The maximum absolute atomic E-state index is 12.1. The monoisotopic (exact) mass is 369 g/mol. The van der Waals surface area contributed by atoms with Crippen molar-refractivity contribution in [2.75, 3.05) is 13.7 Å². The number of carbonyl (C=O) groups is 1. The van der Waals surface area contributed by atoms with Crippen LogP contribution >= 0.6 is 11.6 Å². The minimum absolute atomic E-state index is 0.180. The fourth-order valence-corrected chi connectivity index (χ4v) is 2.09. The first-order valence-electron chi connectivity index (χ1n) is 6.93. The largest absolute Gasteiger partial charge is 0.760 e. The van der Waals surface area contributed by atoms with Crippen molar-refractivity contribution in [1.29, 1.82) is 0 Å². The Balaban J connectivity index is 0.000000648. The molecule has 1 unspecified atom stereocenters. The Kier molecular flexibility index (Phi) is 9.03. The maximum Gasteiger partial charge on any atom is 0.255 e. The highest BCUT2D eigenvalue weighted by molar-refractivity contribution is 7.76. The van der Waals surface area contributed by atoms with Gasteiger partial charge in [-0.15, -0.1) is 0 Å². The Morgan fingerprint density at radius 3 is 2.50 bits per heavy atom. The lowest BCUT2D eigenvalue weighted by Crippen LogP contribution is -2.26. The van der Waals surface area contributed by atoms with E-state index in [9.17, 15) is 4.79 Å². The SMILES string of the molecule is COc1ccc(Cl)cc1C(=O)NCCc1ccccc1.NS(=O)[O-]. The van der Waals surface area contributed by atoms with Crippen LogP contribution in [-0.4, -0.2) is 28.3 Å². The van der Waals surface area contributed by atoms with Crippen molar-refractivity contribution < 1.29 is 18.3 Å². The second-order valence-electron chi connectivity index (χ2n) is 4.60. The van der Waals surface area contributed by atoms with E-state index >= 15 is 0 Å². The molecule has 0 radical (unpaired) electrons. The molecule has 2 aromatic rings. The molecule has 0 fully saturated rings. The van der Waals surface area contributed by atoms with Gasteiger partial charge < -0.3 is 14.6 Å². The summed E-state index contributed by atoms with van der Waals surface area (Å²) in [7, 11) is 1.53. The zero-order chi connectivity index (χ0) is 17.9. The van der Waals surface area contributed by atoms with E-state index < -0.39 is 11.3 Å². The number of ether oxygens (including phenoxy) is 1. The quantitative estimate of drug-likeness (QED) is 0.787. The van der Waals surface area contributed by atoms with E-state index in [2.05, 4.69) is 10.5 Å². The van der Waals surface area contributed by atoms with Crippen molar-refractivity contribution >= 4 is 28.8 Å². The molecule has 3 N–H and O–H groups in total. The number of hydrogen-bond acceptors (Lipinski definition) is 4. The zero-order valence-corrected chi connectivity index (χ0v) is 14.6. The van der Waals surface area contributed by atoms with Crippen LogP contribution in [-0.2, 0) is 17.7 Å². The third-order valence-electron chi connectivity index (χ3n) is 2.95. The van der Waals surface area contributed by atoms with Crippen LogP contribution in [0.3, 0.4) is 0 Å². The summed E-state index contributed by atoms with van der Waals surface area (Å²) in [4.78, 5) is 12.1. The molecule has 0 saturated heterocycles. The van der Waals surface area contributed by atoms with Gasteiger partial charge in [-0.25, -0.2) is 0 Å². The number of methoxy groups -OCH3 is 1. The third kappa shape index (κ3) is 7.56. The maximum atomic E-state index is 12.1. The molecule has 0 aliphatic rings. The van der Waals surface area contributed by atoms with E-state index in [1.807, 2.05) is 30.3 Å². The van der Waals surface area contributed by atoms with Crippen LogP contribution in [0.2, 0.25) is 5.02 Å². The molecular weight excluding hydrogens is 352 g/mol. The highest BCUT2D eigenvalue weighted by atomic mass is 35.5. The van der Waals surface area contributed by atoms with Gasteiger partial charge in [-0.3, -0.25) is 14.1 Å². The fraction of sp³-hybridized carbons (Fsp3) is 0.188. The highest BCUT2D eigenvalue weighted by Gasteiger charge is 2.12. The van der Waals surface area contributed by atoms with Gasteiger partial charge in [0.05, 0.1) is 12.7 Å². The van der Waals surface area contributed by atoms with Gasteiger partial charge in [0.15, 0.2) is 0 Å². The molecule has 2 aromatic carbocycles. The normalized spacial score (nSPS) is 11.0. The molecule has 130 valence electrons. The molecule has 2 rings (SSSR count). The second-order valence-corrected chi connectivity index (χ2v) is 5.55. The molecule has 0 aliphatic carbocycles. The summed E-state index contributed by atoms with van der Waals surface area (Å²) < 4.78 is 22.7. The minimum atomic E-state index is -2.36. The van der Waals surface area contributed by atoms with Gasteiger partial charge in [-0.2, -0.15) is 0 Å². The molecule has 0 saturated carbocycles. The molecule has 8 heteroatoms. The van der Waals surface area contributed by atoms with Gasteiger partial charge in [0, 0.05) is 22.8 Å². The molecule has 1 atom stereocenters. The average Bonchev–Trinajstić information content (AvgIpc) is 2.55. The minimum Gasteiger partial charge on any atom is -0.760 e. The van der Waals surface area contributed by atoms with Crippen molar-refractivity contribution in [1.82, 2.24) is 5.32 Å². The van der Waals surface area contributed by atoms with Gasteiger partial charge in [0.25, 0.3) is 5.91 Å². The van der Waals surface area contributed by atoms with Gasteiger partial charge >= 0.3 is 0 Å². The van der Waals surface area contributed by atoms with Gasteiger partial charge in [-0.1, -0.05) is 41.9 Å². The van der Waals surface area contributed by atoms with Crippen molar-refractivity contribution in [2.24, 2.45) is 5.14 Å². The number of carbonyl (C=O) groups excluding carboxylic acids is 1. The number of nitrogens with one attached hydrogen (secondary N) is 1. The van der Waals surface area contributed by atoms with E-state index in [1.165, 1.54) is 12.7 Å². The van der Waals surface area contributed by atoms with E-state index in [4.69, 9.17) is 25.1 Å². The molecule has 0 aromatic heterocycles. The molecular formula is C16H18ClN2O4S-. The number of nitrogens with two attached hydrogens (primary N) is 1. The van der Waals surface area contributed by atoms with Crippen molar-refractivity contribution in [3.63, 3.8) is 0 Å². The van der Waals surface area contributed by atoms with Gasteiger partial charge in [-0.05, 0) is 30.2 Å². The Bertz CT molecular complexity index is 679. The van der Waals surface area contributed by atoms with Crippen molar-refractivity contribution in [3.8, 4) is 5.75 Å². The lowest BCUT2D eigenvalue weighted by atomic mass is 10.1. The number of halogens is 1. The standard InChI is InChI=1S/C16H16ClNO2.H3NO2S/c1-20-15-8-7-13(17)11-14(15)16(19)18-10-9-12-5-3-2-4-6-12;1-4(2)3/h2-8,11H,9-10H2,1H3,(H,18,19);1H2,(H,2,3)/p-1. The summed E-state index contributed by atoms with van der Waals surface area (Å²) in [6.45, 7) is 0.568. The summed E-state index contributed by atoms with van der Waals surface area (Å²) in [6, 6.07) is 15.0. The van der Waals surface area contributed by atoms with E-state index in [0.29, 0.717) is 22.9 Å². The number of amides is 1. The molecule has 1 amide bonds. The smallest absolute Gasteiger partial charge is 0.255 e. The number of hydrogen-bond donors (Lipinski definition) is 2. The Morgan fingerprint density at radius 2 is 1.92 bits per heavy atom.